The number of carbonyl (C=O) groups excluding carboxylic acids is 2. The first kappa shape index (κ1) is 13.3. The van der Waals surface area contributed by atoms with Gasteiger partial charge < -0.3 is 14.8 Å². The number of amides is 1. The minimum atomic E-state index is -2.15. The number of hydrogen-bond donors (Lipinski definition) is 1. The Kier molecular flexibility index (Phi) is 3.56. The Morgan fingerprint density at radius 3 is 2.78 bits per heavy atom. The number of rotatable bonds is 1. The molecule has 0 fully saturated rings. The number of hydrogen-bond acceptors (Lipinski definition) is 4. The Labute approximate surface area is 117 Å². The van der Waals surface area contributed by atoms with Gasteiger partial charge in [0.05, 0.1) is 5.69 Å². The zero-order chi connectivity index (χ0) is 13.3. The molecule has 0 bridgehead atoms. The predicted molar refractivity (Wildman–Crippen MR) is 66.5 cm³/mol. The van der Waals surface area contributed by atoms with Crippen molar-refractivity contribution in [3.05, 3.63) is 18.2 Å². The van der Waals surface area contributed by atoms with Crippen molar-refractivity contribution in [1.29, 1.82) is 0 Å². The lowest BCUT2D eigenvalue weighted by atomic mass is 10.2. The third kappa shape index (κ3) is 2.98. The van der Waals surface area contributed by atoms with Crippen molar-refractivity contribution in [3.8, 4) is 11.5 Å². The van der Waals surface area contributed by atoms with E-state index in [0.717, 1.165) is 0 Å². The molecule has 96 valence electrons. The maximum atomic E-state index is 11.3. The van der Waals surface area contributed by atoms with Crippen molar-refractivity contribution < 1.29 is 19.1 Å². The van der Waals surface area contributed by atoms with Gasteiger partial charge in [-0.3, -0.25) is 4.79 Å². The first-order valence-corrected chi connectivity index (χ1v) is 5.85. The summed E-state index contributed by atoms with van der Waals surface area (Å²) in [6.45, 7) is -0.102. The Balaban J connectivity index is 2.17. The number of halogens is 3. The van der Waals surface area contributed by atoms with Crippen LogP contribution in [0.3, 0.4) is 0 Å². The van der Waals surface area contributed by atoms with Crippen molar-refractivity contribution in [2.45, 2.75) is 3.79 Å². The zero-order valence-corrected chi connectivity index (χ0v) is 11.0. The van der Waals surface area contributed by atoms with E-state index in [1.807, 2.05) is 0 Å². The minimum absolute atomic E-state index is 0.102. The van der Waals surface area contributed by atoms with Crippen LogP contribution in [0.25, 0.3) is 0 Å². The number of anilines is 1. The maximum Gasteiger partial charge on any atom is 0.363 e. The summed E-state index contributed by atoms with van der Waals surface area (Å²) >= 11 is 16.1. The van der Waals surface area contributed by atoms with Crippen LogP contribution in [0.2, 0.25) is 0 Å². The largest absolute Gasteiger partial charge is 0.481 e. The van der Waals surface area contributed by atoms with Gasteiger partial charge in [-0.15, -0.1) is 0 Å². The second-order valence-corrected chi connectivity index (χ2v) is 5.66. The number of benzene rings is 1. The summed E-state index contributed by atoms with van der Waals surface area (Å²) in [5.74, 6) is -0.744. The summed E-state index contributed by atoms with van der Waals surface area (Å²) in [5.41, 5.74) is 0.486. The van der Waals surface area contributed by atoms with Crippen LogP contribution in [0.15, 0.2) is 18.2 Å². The standard InChI is InChI=1S/C10H6Cl3NO4/c11-10(12,13)9(16)18-5-1-2-6-7(3-5)17-4-8(15)14-6/h1-3H,4H2,(H,14,15). The molecule has 1 amide bonds. The van der Waals surface area contributed by atoms with Gasteiger partial charge in [0.1, 0.15) is 11.5 Å². The normalized spacial score (nSPS) is 14.3. The first-order valence-electron chi connectivity index (χ1n) is 4.72. The fourth-order valence-corrected chi connectivity index (χ4v) is 1.40. The Hall–Kier alpha value is -1.17. The highest BCUT2D eigenvalue weighted by Crippen LogP contribution is 2.33. The van der Waals surface area contributed by atoms with Crippen molar-refractivity contribution in [2.24, 2.45) is 0 Å². The van der Waals surface area contributed by atoms with Gasteiger partial charge in [0, 0.05) is 6.07 Å². The van der Waals surface area contributed by atoms with E-state index >= 15 is 0 Å². The Morgan fingerprint density at radius 1 is 1.39 bits per heavy atom. The van der Waals surface area contributed by atoms with Crippen molar-refractivity contribution in [2.75, 3.05) is 11.9 Å². The van der Waals surface area contributed by atoms with Gasteiger partial charge in [-0.1, -0.05) is 34.8 Å². The number of fused-ring (bicyclic) bond motifs is 1. The summed E-state index contributed by atoms with van der Waals surface area (Å²) < 4.78 is 7.84. The molecule has 18 heavy (non-hydrogen) atoms. The third-order valence-corrected chi connectivity index (χ3v) is 2.49. The van der Waals surface area contributed by atoms with E-state index in [4.69, 9.17) is 44.3 Å². The highest BCUT2D eigenvalue weighted by molar-refractivity contribution is 6.75. The van der Waals surface area contributed by atoms with Crippen LogP contribution in [0.5, 0.6) is 11.5 Å². The van der Waals surface area contributed by atoms with Crippen molar-refractivity contribution in [1.82, 2.24) is 0 Å². The molecule has 1 aromatic carbocycles. The van der Waals surface area contributed by atoms with E-state index in [1.165, 1.54) is 18.2 Å². The second kappa shape index (κ2) is 4.84. The molecule has 0 saturated carbocycles. The molecular weight excluding hydrogens is 304 g/mol. The summed E-state index contributed by atoms with van der Waals surface area (Å²) in [6.07, 6.45) is 0. The molecule has 0 atom stereocenters. The van der Waals surface area contributed by atoms with Crippen LogP contribution < -0.4 is 14.8 Å². The second-order valence-electron chi connectivity index (χ2n) is 3.38. The molecule has 0 aromatic heterocycles. The number of nitrogens with one attached hydrogen (secondary N) is 1. The smallest absolute Gasteiger partial charge is 0.363 e. The monoisotopic (exact) mass is 309 g/mol. The van der Waals surface area contributed by atoms with E-state index in [2.05, 4.69) is 5.32 Å². The van der Waals surface area contributed by atoms with Gasteiger partial charge in [0.25, 0.3) is 9.70 Å². The molecule has 1 heterocycles. The average Bonchev–Trinajstić information content (AvgIpc) is 2.28. The molecule has 0 spiro atoms. The molecule has 5 nitrogen and oxygen atoms in total. The van der Waals surface area contributed by atoms with Gasteiger partial charge in [0.15, 0.2) is 6.61 Å². The van der Waals surface area contributed by atoms with Crippen molar-refractivity contribution in [3.63, 3.8) is 0 Å². The molecule has 1 aliphatic rings. The number of esters is 1. The van der Waals surface area contributed by atoms with Crippen molar-refractivity contribution >= 4 is 52.4 Å². The molecule has 2 rings (SSSR count). The van der Waals surface area contributed by atoms with Crippen LogP contribution in [-0.4, -0.2) is 22.3 Å². The highest BCUT2D eigenvalue weighted by Gasteiger charge is 2.33. The van der Waals surface area contributed by atoms with Crippen LogP contribution in [0, 0.1) is 0 Å². The first-order chi connectivity index (χ1) is 8.36. The number of ether oxygens (including phenoxy) is 2. The summed E-state index contributed by atoms with van der Waals surface area (Å²) in [7, 11) is 0. The Bertz CT molecular complexity index is 512. The SMILES string of the molecule is O=C1COc2cc(OC(=O)C(Cl)(Cl)Cl)ccc2N1. The maximum absolute atomic E-state index is 11.3. The lowest BCUT2D eigenvalue weighted by Crippen LogP contribution is -2.26. The molecule has 0 unspecified atom stereocenters. The highest BCUT2D eigenvalue weighted by atomic mass is 35.6. The molecule has 1 aliphatic heterocycles. The molecule has 0 saturated heterocycles. The molecule has 0 aliphatic carbocycles. The van der Waals surface area contributed by atoms with Crippen LogP contribution in [0.4, 0.5) is 5.69 Å². The fraction of sp³-hybridized carbons (Fsp3) is 0.200. The van der Waals surface area contributed by atoms with Gasteiger partial charge >= 0.3 is 5.97 Å². The summed E-state index contributed by atoms with van der Waals surface area (Å²) in [5, 5.41) is 2.59. The molecule has 1 N–H and O–H groups in total. The zero-order valence-electron chi connectivity index (χ0n) is 8.71. The summed E-state index contributed by atoms with van der Waals surface area (Å²) in [6, 6.07) is 4.39. The van der Waals surface area contributed by atoms with Crippen LogP contribution >= 0.6 is 34.8 Å². The Morgan fingerprint density at radius 2 is 2.11 bits per heavy atom. The van der Waals surface area contributed by atoms with E-state index in [-0.39, 0.29) is 18.3 Å². The quantitative estimate of drug-likeness (QED) is 0.491. The molecule has 8 heteroatoms. The van der Waals surface area contributed by atoms with E-state index in [1.54, 1.807) is 0 Å². The van der Waals surface area contributed by atoms with Gasteiger partial charge in [-0.25, -0.2) is 4.79 Å². The average molecular weight is 311 g/mol. The predicted octanol–water partition coefficient (Wildman–Crippen LogP) is 2.29. The van der Waals surface area contributed by atoms with E-state index in [9.17, 15) is 9.59 Å². The fourth-order valence-electron chi connectivity index (χ4n) is 1.28. The van der Waals surface area contributed by atoms with Gasteiger partial charge in [0.2, 0.25) is 0 Å². The lowest BCUT2D eigenvalue weighted by Gasteiger charge is -2.18. The topological polar surface area (TPSA) is 64.6 Å². The van der Waals surface area contributed by atoms with Crippen LogP contribution in [0.1, 0.15) is 0 Å². The van der Waals surface area contributed by atoms with Crippen LogP contribution in [-0.2, 0) is 9.59 Å². The van der Waals surface area contributed by atoms with E-state index < -0.39 is 9.76 Å². The third-order valence-electron chi connectivity index (χ3n) is 2.03. The number of carbonyl (C=O) groups is 2. The molecule has 0 radical (unpaired) electrons. The molecular formula is C10H6Cl3NO4. The van der Waals surface area contributed by atoms with Gasteiger partial charge in [-0.05, 0) is 12.1 Å². The van der Waals surface area contributed by atoms with E-state index in [0.29, 0.717) is 11.4 Å². The summed E-state index contributed by atoms with van der Waals surface area (Å²) in [4.78, 5) is 22.4. The molecule has 1 aromatic rings. The minimum Gasteiger partial charge on any atom is -0.481 e. The lowest BCUT2D eigenvalue weighted by molar-refractivity contribution is -0.133. The number of alkyl halides is 3. The van der Waals surface area contributed by atoms with Gasteiger partial charge in [-0.2, -0.15) is 0 Å².